The first-order valence-corrected chi connectivity index (χ1v) is 6.64. The second-order valence-electron chi connectivity index (χ2n) is 6.15. The minimum atomic E-state index is -0.148. The molecule has 2 rings (SSSR count). The fourth-order valence-electron chi connectivity index (χ4n) is 2.04. The summed E-state index contributed by atoms with van der Waals surface area (Å²) in [5.74, 6) is 0.834. The molecular formula is C15H22N2O2. The zero-order chi connectivity index (χ0) is 14.0. The van der Waals surface area contributed by atoms with Crippen molar-refractivity contribution in [2.75, 3.05) is 6.61 Å². The Morgan fingerprint density at radius 3 is 2.84 bits per heavy atom. The number of fused-ring (bicyclic) bond motifs is 1. The Hall–Kier alpha value is -1.55. The molecule has 1 aromatic rings. The fraction of sp³-hybridized carbons (Fsp3) is 0.533. The molecule has 104 valence electrons. The molecule has 0 radical (unpaired) electrons. The van der Waals surface area contributed by atoms with Gasteiger partial charge in [-0.15, -0.1) is 0 Å². The Morgan fingerprint density at radius 2 is 2.16 bits per heavy atom. The Bertz CT molecular complexity index is 465. The summed E-state index contributed by atoms with van der Waals surface area (Å²) in [6.45, 7) is 6.62. The number of nitrogens with one attached hydrogen (secondary N) is 1. The number of amides is 1. The quantitative estimate of drug-likeness (QED) is 0.875. The van der Waals surface area contributed by atoms with E-state index in [-0.39, 0.29) is 23.4 Å². The predicted octanol–water partition coefficient (Wildman–Crippen LogP) is 2.00. The highest BCUT2D eigenvalue weighted by atomic mass is 16.5. The number of nitrogens with two attached hydrogens (primary N) is 1. The number of ether oxygens (including phenoxy) is 1. The maximum atomic E-state index is 12.0. The molecule has 3 N–H and O–H groups in total. The number of para-hydroxylation sites is 1. The van der Waals surface area contributed by atoms with Crippen LogP contribution in [0.2, 0.25) is 0 Å². The molecule has 1 aliphatic rings. The van der Waals surface area contributed by atoms with Crippen molar-refractivity contribution in [1.29, 1.82) is 0 Å². The molecule has 0 aliphatic carbocycles. The molecule has 4 nitrogen and oxygen atoms in total. The Morgan fingerprint density at radius 1 is 1.47 bits per heavy atom. The van der Waals surface area contributed by atoms with Crippen molar-refractivity contribution in [2.24, 2.45) is 11.1 Å². The number of carbonyl (C=O) groups is 1. The van der Waals surface area contributed by atoms with Gasteiger partial charge in [-0.05, 0) is 11.5 Å². The third kappa shape index (κ3) is 3.26. The van der Waals surface area contributed by atoms with Gasteiger partial charge in [0.2, 0.25) is 5.91 Å². The van der Waals surface area contributed by atoms with Crippen molar-refractivity contribution in [3.8, 4) is 5.75 Å². The van der Waals surface area contributed by atoms with Crippen LogP contribution in [-0.2, 0) is 4.79 Å². The normalized spacial score (nSPS) is 19.5. The summed E-state index contributed by atoms with van der Waals surface area (Å²) in [5.41, 5.74) is 7.00. The van der Waals surface area contributed by atoms with Crippen LogP contribution in [0, 0.1) is 5.41 Å². The van der Waals surface area contributed by atoms with Crippen molar-refractivity contribution in [3.63, 3.8) is 0 Å². The van der Waals surface area contributed by atoms with E-state index in [0.29, 0.717) is 13.0 Å². The Kier molecular flexibility index (Phi) is 3.80. The number of carbonyl (C=O) groups excluding carboxylic acids is 1. The van der Waals surface area contributed by atoms with Crippen molar-refractivity contribution in [3.05, 3.63) is 29.8 Å². The third-order valence-electron chi connectivity index (χ3n) is 3.55. The molecule has 0 fully saturated rings. The zero-order valence-electron chi connectivity index (χ0n) is 11.8. The molecule has 1 aromatic carbocycles. The summed E-state index contributed by atoms with van der Waals surface area (Å²) < 4.78 is 5.54. The molecule has 4 heteroatoms. The second-order valence-corrected chi connectivity index (χ2v) is 6.15. The molecule has 1 aliphatic heterocycles. The van der Waals surface area contributed by atoms with Crippen LogP contribution in [0.3, 0.4) is 0 Å². The first-order chi connectivity index (χ1) is 8.88. The van der Waals surface area contributed by atoms with Crippen LogP contribution in [0.5, 0.6) is 5.75 Å². The highest BCUT2D eigenvalue weighted by Gasteiger charge is 2.28. The van der Waals surface area contributed by atoms with E-state index >= 15 is 0 Å². The Balaban J connectivity index is 1.95. The summed E-state index contributed by atoms with van der Waals surface area (Å²) in [5, 5.41) is 2.99. The number of benzene rings is 1. The van der Waals surface area contributed by atoms with Gasteiger partial charge in [-0.1, -0.05) is 39.0 Å². The van der Waals surface area contributed by atoms with Crippen LogP contribution in [-0.4, -0.2) is 18.6 Å². The number of hydrogen-bond donors (Lipinski definition) is 2. The summed E-state index contributed by atoms with van der Waals surface area (Å²) in [6, 6.07) is 7.58. The fourth-order valence-corrected chi connectivity index (χ4v) is 2.04. The van der Waals surface area contributed by atoms with Gasteiger partial charge in [-0.25, -0.2) is 0 Å². The van der Waals surface area contributed by atoms with Gasteiger partial charge in [0, 0.05) is 18.0 Å². The predicted molar refractivity (Wildman–Crippen MR) is 74.9 cm³/mol. The van der Waals surface area contributed by atoms with E-state index in [9.17, 15) is 4.79 Å². The van der Waals surface area contributed by atoms with Crippen LogP contribution >= 0.6 is 0 Å². The second kappa shape index (κ2) is 5.21. The standard InChI is InChI=1S/C15H22N2O2/c1-15(2,3)13(16)8-14(18)17-11-9-19-12-7-5-4-6-10(11)12/h4-7,11,13H,8-9,16H2,1-3H3,(H,17,18). The van der Waals surface area contributed by atoms with Crippen molar-refractivity contribution >= 4 is 5.91 Å². The van der Waals surface area contributed by atoms with Crippen molar-refractivity contribution in [1.82, 2.24) is 5.32 Å². The largest absolute Gasteiger partial charge is 0.491 e. The number of rotatable bonds is 3. The van der Waals surface area contributed by atoms with E-state index < -0.39 is 0 Å². The van der Waals surface area contributed by atoms with Crippen molar-refractivity contribution < 1.29 is 9.53 Å². The lowest BCUT2D eigenvalue weighted by molar-refractivity contribution is -0.122. The molecule has 0 bridgehead atoms. The van der Waals surface area contributed by atoms with E-state index in [1.54, 1.807) is 0 Å². The molecule has 2 atom stereocenters. The van der Waals surface area contributed by atoms with Crippen LogP contribution in [0.25, 0.3) is 0 Å². The molecule has 0 saturated heterocycles. The lowest BCUT2D eigenvalue weighted by atomic mass is 9.85. The van der Waals surface area contributed by atoms with Gasteiger partial charge in [-0.2, -0.15) is 0 Å². The lowest BCUT2D eigenvalue weighted by Gasteiger charge is -2.26. The van der Waals surface area contributed by atoms with Gasteiger partial charge in [-0.3, -0.25) is 4.79 Å². The zero-order valence-corrected chi connectivity index (χ0v) is 11.8. The first kappa shape index (κ1) is 13.9. The smallest absolute Gasteiger partial charge is 0.222 e. The van der Waals surface area contributed by atoms with Crippen LogP contribution < -0.4 is 15.8 Å². The van der Waals surface area contributed by atoms with Crippen molar-refractivity contribution in [2.45, 2.75) is 39.3 Å². The minimum Gasteiger partial charge on any atom is -0.491 e. The molecule has 1 amide bonds. The molecule has 0 aromatic heterocycles. The molecule has 0 saturated carbocycles. The molecule has 19 heavy (non-hydrogen) atoms. The highest BCUT2D eigenvalue weighted by Crippen LogP contribution is 2.31. The van der Waals surface area contributed by atoms with Gasteiger partial charge in [0.25, 0.3) is 0 Å². The minimum absolute atomic E-state index is 0.0206. The van der Waals surface area contributed by atoms with E-state index in [1.165, 1.54) is 0 Å². The maximum absolute atomic E-state index is 12.0. The Labute approximate surface area is 114 Å². The van der Waals surface area contributed by atoms with Gasteiger partial charge >= 0.3 is 0 Å². The summed E-state index contributed by atoms with van der Waals surface area (Å²) in [7, 11) is 0. The number of hydrogen-bond acceptors (Lipinski definition) is 3. The SMILES string of the molecule is CC(C)(C)C(N)CC(=O)NC1COc2ccccc21. The average molecular weight is 262 g/mol. The molecule has 2 unspecified atom stereocenters. The summed E-state index contributed by atoms with van der Waals surface area (Å²) in [4.78, 5) is 12.0. The maximum Gasteiger partial charge on any atom is 0.222 e. The third-order valence-corrected chi connectivity index (χ3v) is 3.55. The van der Waals surface area contributed by atoms with E-state index in [1.807, 2.05) is 45.0 Å². The van der Waals surface area contributed by atoms with Crippen LogP contribution in [0.15, 0.2) is 24.3 Å². The summed E-state index contributed by atoms with van der Waals surface area (Å²) >= 11 is 0. The van der Waals surface area contributed by atoms with Gasteiger partial charge in [0.15, 0.2) is 0 Å². The summed E-state index contributed by atoms with van der Waals surface area (Å²) in [6.07, 6.45) is 0.335. The molecular weight excluding hydrogens is 240 g/mol. The average Bonchev–Trinajstić information content (AvgIpc) is 2.71. The lowest BCUT2D eigenvalue weighted by Crippen LogP contribution is -2.41. The molecule has 0 spiro atoms. The first-order valence-electron chi connectivity index (χ1n) is 6.64. The van der Waals surface area contributed by atoms with Crippen LogP contribution in [0.4, 0.5) is 0 Å². The monoisotopic (exact) mass is 262 g/mol. The highest BCUT2D eigenvalue weighted by molar-refractivity contribution is 5.77. The topological polar surface area (TPSA) is 64.4 Å². The van der Waals surface area contributed by atoms with Gasteiger partial charge in [0.05, 0.1) is 6.04 Å². The van der Waals surface area contributed by atoms with Gasteiger partial charge in [0.1, 0.15) is 12.4 Å². The molecule has 1 heterocycles. The van der Waals surface area contributed by atoms with E-state index in [2.05, 4.69) is 5.32 Å². The van der Waals surface area contributed by atoms with Gasteiger partial charge < -0.3 is 15.8 Å². The van der Waals surface area contributed by atoms with E-state index in [4.69, 9.17) is 10.5 Å². The van der Waals surface area contributed by atoms with Crippen LogP contribution in [0.1, 0.15) is 38.8 Å². The van der Waals surface area contributed by atoms with E-state index in [0.717, 1.165) is 11.3 Å².